The number of anilines is 2. The van der Waals surface area contributed by atoms with Crippen LogP contribution in [0.25, 0.3) is 0 Å². The summed E-state index contributed by atoms with van der Waals surface area (Å²) in [6, 6.07) is 11.4. The highest BCUT2D eigenvalue weighted by Crippen LogP contribution is 2.12. The fourth-order valence-corrected chi connectivity index (χ4v) is 3.03. The molecule has 0 saturated carbocycles. The first-order valence-electron chi connectivity index (χ1n) is 11.2. The zero-order valence-electron chi connectivity index (χ0n) is 19.8. The fraction of sp³-hybridized carbons (Fsp3) is 0.360. The summed E-state index contributed by atoms with van der Waals surface area (Å²) in [6.07, 6.45) is 0.347. The maximum absolute atomic E-state index is 12.8. The van der Waals surface area contributed by atoms with Crippen molar-refractivity contribution < 1.29 is 24.3 Å². The van der Waals surface area contributed by atoms with E-state index < -0.39 is 29.8 Å². The lowest BCUT2D eigenvalue weighted by atomic mass is 10.0. The Hall–Kier alpha value is -3.72. The molecule has 5 N–H and O–H groups in total. The molecule has 2 aromatic rings. The third-order valence-corrected chi connectivity index (χ3v) is 5.14. The van der Waals surface area contributed by atoms with E-state index in [4.69, 9.17) is 5.11 Å². The van der Waals surface area contributed by atoms with E-state index in [-0.39, 0.29) is 18.4 Å². The summed E-state index contributed by atoms with van der Waals surface area (Å²) in [7, 11) is 0. The van der Waals surface area contributed by atoms with Gasteiger partial charge in [-0.25, -0.2) is 0 Å². The predicted octanol–water partition coefficient (Wildman–Crippen LogP) is 2.43. The lowest BCUT2D eigenvalue weighted by molar-refractivity contribution is -0.128. The smallest absolute Gasteiger partial charge is 0.251 e. The maximum atomic E-state index is 12.8. The van der Waals surface area contributed by atoms with Gasteiger partial charge >= 0.3 is 0 Å². The molecule has 0 aliphatic heterocycles. The number of aliphatic hydroxyl groups is 1. The molecular weight excluding hydrogens is 436 g/mol. The van der Waals surface area contributed by atoms with Gasteiger partial charge in [-0.1, -0.05) is 32.9 Å². The van der Waals surface area contributed by atoms with E-state index in [9.17, 15) is 19.2 Å². The Morgan fingerprint density at radius 3 is 1.88 bits per heavy atom. The van der Waals surface area contributed by atoms with E-state index in [2.05, 4.69) is 21.3 Å². The van der Waals surface area contributed by atoms with E-state index in [1.165, 1.54) is 0 Å². The lowest BCUT2D eigenvalue weighted by Crippen LogP contribution is -2.53. The molecule has 0 radical (unpaired) electrons. The molecule has 0 aromatic heterocycles. The van der Waals surface area contributed by atoms with Crippen molar-refractivity contribution in [3.63, 3.8) is 0 Å². The number of carbonyl (C=O) groups is 4. The molecule has 2 aromatic carbocycles. The van der Waals surface area contributed by atoms with Gasteiger partial charge in [0.2, 0.25) is 17.7 Å². The number of aliphatic hydroxyl groups excluding tert-OH is 1. The second kappa shape index (κ2) is 12.5. The molecule has 1 unspecified atom stereocenters. The summed E-state index contributed by atoms with van der Waals surface area (Å²) in [6.45, 7) is 6.79. The van der Waals surface area contributed by atoms with E-state index >= 15 is 0 Å². The highest BCUT2D eigenvalue weighted by molar-refractivity contribution is 6.00. The number of hydrogen-bond acceptors (Lipinski definition) is 5. The van der Waals surface area contributed by atoms with Gasteiger partial charge in [0.25, 0.3) is 5.91 Å². The Labute approximate surface area is 199 Å². The van der Waals surface area contributed by atoms with Gasteiger partial charge in [0.1, 0.15) is 12.1 Å². The topological polar surface area (TPSA) is 137 Å². The molecule has 4 amide bonds. The first-order valence-corrected chi connectivity index (χ1v) is 11.2. The summed E-state index contributed by atoms with van der Waals surface area (Å²) in [5.41, 5.74) is 2.17. The normalized spacial score (nSPS) is 12.4. The van der Waals surface area contributed by atoms with E-state index in [1.807, 2.05) is 0 Å². The second-order valence-electron chi connectivity index (χ2n) is 8.25. The Morgan fingerprint density at radius 1 is 0.794 bits per heavy atom. The molecule has 2 atom stereocenters. The van der Waals surface area contributed by atoms with E-state index in [1.54, 1.807) is 76.2 Å². The molecule has 0 aliphatic rings. The van der Waals surface area contributed by atoms with Gasteiger partial charge < -0.3 is 26.4 Å². The third-order valence-electron chi connectivity index (χ3n) is 5.14. The monoisotopic (exact) mass is 468 g/mol. The number of nitrogens with one attached hydrogen (secondary N) is 4. The molecule has 0 aliphatic carbocycles. The Kier molecular flexibility index (Phi) is 9.76. The summed E-state index contributed by atoms with van der Waals surface area (Å²) in [5.74, 6) is -1.69. The van der Waals surface area contributed by atoms with Crippen LogP contribution in [0.4, 0.5) is 11.4 Å². The maximum Gasteiger partial charge on any atom is 0.251 e. The molecule has 0 saturated heterocycles. The quantitative estimate of drug-likeness (QED) is 0.365. The van der Waals surface area contributed by atoms with Crippen LogP contribution in [0, 0.1) is 5.92 Å². The van der Waals surface area contributed by atoms with Crippen molar-refractivity contribution in [2.75, 3.05) is 10.6 Å². The van der Waals surface area contributed by atoms with Crippen LogP contribution in [0.5, 0.6) is 0 Å². The number of hydrogen-bond donors (Lipinski definition) is 5. The average molecular weight is 469 g/mol. The van der Waals surface area contributed by atoms with Crippen LogP contribution >= 0.6 is 0 Å². The lowest BCUT2D eigenvalue weighted by Gasteiger charge is -2.24. The standard InChI is InChI=1S/C25H32N4O5/c1-5-21(31)27-19-12-8-18(9-13-19)24(33)29-22(15(2)3)25(34)26-16(4)23(32)28-20-10-6-17(14-30)7-11-20/h6-13,15-16,22,30H,5,14H2,1-4H3,(H,26,34)(H,27,31)(H,28,32)(H,29,33)/t16?,22-/m0/s1. The molecule has 9 nitrogen and oxygen atoms in total. The van der Waals surface area contributed by atoms with Gasteiger partial charge in [-0.2, -0.15) is 0 Å². The molecular formula is C25H32N4O5. The molecule has 0 heterocycles. The Balaban J connectivity index is 1.97. The van der Waals surface area contributed by atoms with Gasteiger partial charge in [-0.05, 0) is 54.8 Å². The molecule has 0 bridgehead atoms. The van der Waals surface area contributed by atoms with Gasteiger partial charge in [-0.15, -0.1) is 0 Å². The summed E-state index contributed by atoms with van der Waals surface area (Å²) in [4.78, 5) is 49.5. The largest absolute Gasteiger partial charge is 0.392 e. The van der Waals surface area contributed by atoms with Crippen LogP contribution in [0.2, 0.25) is 0 Å². The second-order valence-corrected chi connectivity index (χ2v) is 8.25. The fourth-order valence-electron chi connectivity index (χ4n) is 3.03. The highest BCUT2D eigenvalue weighted by atomic mass is 16.3. The number of benzene rings is 2. The first-order chi connectivity index (χ1) is 16.1. The van der Waals surface area contributed by atoms with E-state index in [0.29, 0.717) is 23.4 Å². The first kappa shape index (κ1) is 26.5. The SMILES string of the molecule is CCC(=O)Nc1ccc(C(=O)N[C@H](C(=O)NC(C)C(=O)Nc2ccc(CO)cc2)C(C)C)cc1. The molecule has 0 spiro atoms. The summed E-state index contributed by atoms with van der Waals surface area (Å²) in [5, 5.41) is 19.9. The van der Waals surface area contributed by atoms with Crippen LogP contribution in [0.1, 0.15) is 50.0 Å². The minimum atomic E-state index is -0.856. The molecule has 0 fully saturated rings. The van der Waals surface area contributed by atoms with Gasteiger partial charge in [0.05, 0.1) is 6.61 Å². The van der Waals surface area contributed by atoms with Crippen molar-refractivity contribution in [2.45, 2.75) is 52.8 Å². The van der Waals surface area contributed by atoms with Crippen molar-refractivity contribution in [3.05, 3.63) is 59.7 Å². The Morgan fingerprint density at radius 2 is 1.35 bits per heavy atom. The van der Waals surface area contributed by atoms with Gasteiger partial charge in [-0.3, -0.25) is 19.2 Å². The van der Waals surface area contributed by atoms with Crippen molar-refractivity contribution in [1.29, 1.82) is 0 Å². The number of amides is 4. The minimum Gasteiger partial charge on any atom is -0.392 e. The van der Waals surface area contributed by atoms with Crippen LogP contribution in [-0.4, -0.2) is 40.8 Å². The summed E-state index contributed by atoms with van der Waals surface area (Å²) >= 11 is 0. The van der Waals surface area contributed by atoms with Crippen LogP contribution < -0.4 is 21.3 Å². The van der Waals surface area contributed by atoms with Crippen LogP contribution in [0.15, 0.2) is 48.5 Å². The van der Waals surface area contributed by atoms with Crippen LogP contribution in [-0.2, 0) is 21.0 Å². The zero-order valence-corrected chi connectivity index (χ0v) is 19.8. The third kappa shape index (κ3) is 7.70. The minimum absolute atomic E-state index is 0.0947. The van der Waals surface area contributed by atoms with Gasteiger partial charge in [0.15, 0.2) is 0 Å². The van der Waals surface area contributed by atoms with Crippen molar-refractivity contribution >= 4 is 35.0 Å². The Bertz CT molecular complexity index is 1000. The highest BCUT2D eigenvalue weighted by Gasteiger charge is 2.27. The number of carbonyl (C=O) groups excluding carboxylic acids is 4. The average Bonchev–Trinajstić information content (AvgIpc) is 2.82. The molecule has 182 valence electrons. The molecule has 2 rings (SSSR count). The van der Waals surface area contributed by atoms with Crippen LogP contribution in [0.3, 0.4) is 0 Å². The number of rotatable bonds is 10. The van der Waals surface area contributed by atoms with Crippen molar-refractivity contribution in [2.24, 2.45) is 5.92 Å². The van der Waals surface area contributed by atoms with Crippen molar-refractivity contribution in [3.8, 4) is 0 Å². The van der Waals surface area contributed by atoms with E-state index in [0.717, 1.165) is 5.56 Å². The summed E-state index contributed by atoms with van der Waals surface area (Å²) < 4.78 is 0. The molecule has 9 heteroatoms. The zero-order chi connectivity index (χ0) is 25.3. The molecule has 34 heavy (non-hydrogen) atoms. The predicted molar refractivity (Wildman–Crippen MR) is 130 cm³/mol. The van der Waals surface area contributed by atoms with Gasteiger partial charge in [0, 0.05) is 23.4 Å². The van der Waals surface area contributed by atoms with Crippen molar-refractivity contribution in [1.82, 2.24) is 10.6 Å².